The lowest BCUT2D eigenvalue weighted by molar-refractivity contribution is -0.127. The van der Waals surface area contributed by atoms with E-state index in [1.807, 2.05) is 49.4 Å². The van der Waals surface area contributed by atoms with Crippen LogP contribution < -0.4 is 0 Å². The minimum atomic E-state index is -0.238. The maximum atomic E-state index is 12.4. The van der Waals surface area contributed by atoms with Crippen molar-refractivity contribution in [2.45, 2.75) is 46.0 Å². The third kappa shape index (κ3) is 5.45. The van der Waals surface area contributed by atoms with E-state index in [1.165, 1.54) is 5.56 Å². The van der Waals surface area contributed by atoms with Crippen molar-refractivity contribution in [1.29, 1.82) is 0 Å². The Balaban J connectivity index is 1.92. The SMILES string of the molecule is CC(C)Cc1ccc([C@H](C)C(=O)CC(=O)Cc2ccccc2)cc1. The van der Waals surface area contributed by atoms with E-state index < -0.39 is 0 Å². The maximum absolute atomic E-state index is 12.4. The Morgan fingerprint density at radius 1 is 0.833 bits per heavy atom. The van der Waals surface area contributed by atoms with Crippen LogP contribution in [0.5, 0.6) is 0 Å². The van der Waals surface area contributed by atoms with Gasteiger partial charge >= 0.3 is 0 Å². The Kier molecular flexibility index (Phi) is 6.48. The second-order valence-corrected chi connectivity index (χ2v) is 6.91. The van der Waals surface area contributed by atoms with Crippen molar-refractivity contribution in [3.63, 3.8) is 0 Å². The van der Waals surface area contributed by atoms with Crippen LogP contribution in [-0.2, 0) is 22.4 Å². The maximum Gasteiger partial charge on any atom is 0.147 e. The number of ketones is 2. The lowest BCUT2D eigenvalue weighted by Crippen LogP contribution is -2.16. The lowest BCUT2D eigenvalue weighted by Gasteiger charge is -2.12. The molecule has 1 atom stereocenters. The Morgan fingerprint density at radius 2 is 1.46 bits per heavy atom. The molecule has 2 nitrogen and oxygen atoms in total. The van der Waals surface area contributed by atoms with E-state index in [0.717, 1.165) is 17.5 Å². The Bertz CT molecular complexity index is 669. The van der Waals surface area contributed by atoms with Gasteiger partial charge in [0.15, 0.2) is 0 Å². The van der Waals surface area contributed by atoms with Gasteiger partial charge in [-0.1, -0.05) is 75.4 Å². The van der Waals surface area contributed by atoms with Gasteiger partial charge in [0, 0.05) is 12.3 Å². The van der Waals surface area contributed by atoms with Crippen LogP contribution >= 0.6 is 0 Å². The first-order valence-corrected chi connectivity index (χ1v) is 8.63. The minimum absolute atomic E-state index is 0.00378. The van der Waals surface area contributed by atoms with Crippen molar-refractivity contribution in [3.8, 4) is 0 Å². The molecule has 2 aromatic rings. The first-order chi connectivity index (χ1) is 11.5. The zero-order valence-electron chi connectivity index (χ0n) is 14.8. The van der Waals surface area contributed by atoms with Crippen molar-refractivity contribution in [1.82, 2.24) is 0 Å². The lowest BCUT2D eigenvalue weighted by atomic mass is 9.91. The van der Waals surface area contributed by atoms with Crippen LogP contribution in [0.3, 0.4) is 0 Å². The molecule has 126 valence electrons. The van der Waals surface area contributed by atoms with Crippen molar-refractivity contribution in [3.05, 3.63) is 71.3 Å². The molecule has 0 radical (unpaired) electrons. The number of rotatable bonds is 8. The standard InChI is InChI=1S/C22H26O2/c1-16(2)13-19-9-11-20(12-10-19)17(3)22(24)15-21(23)14-18-7-5-4-6-8-18/h4-12,16-17H,13-15H2,1-3H3/t17-/m0/s1. The Labute approximate surface area is 144 Å². The first-order valence-electron chi connectivity index (χ1n) is 8.63. The van der Waals surface area contributed by atoms with Gasteiger partial charge in [-0.2, -0.15) is 0 Å². The average molecular weight is 322 g/mol. The molecule has 2 aromatic carbocycles. The highest BCUT2D eigenvalue weighted by atomic mass is 16.1. The number of benzene rings is 2. The largest absolute Gasteiger partial charge is 0.299 e. The van der Waals surface area contributed by atoms with E-state index >= 15 is 0 Å². The monoisotopic (exact) mass is 322 g/mol. The molecule has 0 bridgehead atoms. The van der Waals surface area contributed by atoms with Crippen LogP contribution in [0.25, 0.3) is 0 Å². The van der Waals surface area contributed by atoms with Gasteiger partial charge in [0.05, 0.1) is 6.42 Å². The summed E-state index contributed by atoms with van der Waals surface area (Å²) < 4.78 is 0. The van der Waals surface area contributed by atoms with Crippen LogP contribution in [0.15, 0.2) is 54.6 Å². The summed E-state index contributed by atoms with van der Waals surface area (Å²) in [5, 5.41) is 0. The van der Waals surface area contributed by atoms with E-state index in [1.54, 1.807) is 0 Å². The van der Waals surface area contributed by atoms with Gasteiger partial charge in [0.2, 0.25) is 0 Å². The fourth-order valence-electron chi connectivity index (χ4n) is 2.83. The molecule has 2 rings (SSSR count). The molecule has 0 heterocycles. The third-order valence-corrected chi connectivity index (χ3v) is 4.22. The van der Waals surface area contributed by atoms with E-state index in [4.69, 9.17) is 0 Å². The zero-order chi connectivity index (χ0) is 17.5. The smallest absolute Gasteiger partial charge is 0.147 e. The number of carbonyl (C=O) groups is 2. The highest BCUT2D eigenvalue weighted by molar-refractivity contribution is 6.02. The summed E-state index contributed by atoms with van der Waals surface area (Å²) in [5.41, 5.74) is 3.23. The van der Waals surface area contributed by atoms with Gasteiger partial charge < -0.3 is 0 Å². The van der Waals surface area contributed by atoms with Gasteiger partial charge in [-0.3, -0.25) is 9.59 Å². The highest BCUT2D eigenvalue weighted by Crippen LogP contribution is 2.20. The van der Waals surface area contributed by atoms with Crippen LogP contribution in [-0.4, -0.2) is 11.6 Å². The summed E-state index contributed by atoms with van der Waals surface area (Å²) in [4.78, 5) is 24.5. The molecule has 0 aliphatic rings. The van der Waals surface area contributed by atoms with Crippen LogP contribution in [0.4, 0.5) is 0 Å². The fourth-order valence-corrected chi connectivity index (χ4v) is 2.83. The van der Waals surface area contributed by atoms with Crippen molar-refractivity contribution >= 4 is 11.6 Å². The molecule has 0 amide bonds. The highest BCUT2D eigenvalue weighted by Gasteiger charge is 2.18. The average Bonchev–Trinajstić information content (AvgIpc) is 2.55. The quantitative estimate of drug-likeness (QED) is 0.657. The van der Waals surface area contributed by atoms with E-state index in [0.29, 0.717) is 12.3 Å². The molecule has 0 aliphatic heterocycles. The summed E-state index contributed by atoms with van der Waals surface area (Å²) in [7, 11) is 0. The normalized spacial score (nSPS) is 12.2. The van der Waals surface area contributed by atoms with Crippen molar-refractivity contribution < 1.29 is 9.59 Å². The van der Waals surface area contributed by atoms with Gasteiger partial charge in [-0.25, -0.2) is 0 Å². The topological polar surface area (TPSA) is 34.1 Å². The predicted octanol–water partition coefficient (Wildman–Crippen LogP) is 4.76. The molecule has 0 spiro atoms. The molecular formula is C22H26O2. The molecule has 0 aliphatic carbocycles. The summed E-state index contributed by atoms with van der Waals surface area (Å²) in [6.07, 6.45) is 1.37. The summed E-state index contributed by atoms with van der Waals surface area (Å²) in [6, 6.07) is 17.8. The molecule has 24 heavy (non-hydrogen) atoms. The second-order valence-electron chi connectivity index (χ2n) is 6.91. The summed E-state index contributed by atoms with van der Waals surface area (Å²) in [6.45, 7) is 6.27. The summed E-state index contributed by atoms with van der Waals surface area (Å²) in [5.74, 6) is 0.352. The van der Waals surface area contributed by atoms with E-state index in [9.17, 15) is 9.59 Å². The Morgan fingerprint density at radius 3 is 2.04 bits per heavy atom. The second kappa shape index (κ2) is 8.58. The van der Waals surface area contributed by atoms with E-state index in [-0.39, 0.29) is 23.9 Å². The molecule has 0 N–H and O–H groups in total. The minimum Gasteiger partial charge on any atom is -0.299 e. The summed E-state index contributed by atoms with van der Waals surface area (Å²) >= 11 is 0. The molecule has 0 fully saturated rings. The number of hydrogen-bond donors (Lipinski definition) is 0. The number of Topliss-reactive ketones (excluding diaryl/α,β-unsaturated/α-hetero) is 2. The molecule has 0 unspecified atom stereocenters. The van der Waals surface area contributed by atoms with Gasteiger partial charge in [0.1, 0.15) is 11.6 Å². The molecule has 0 saturated carbocycles. The van der Waals surface area contributed by atoms with Crippen molar-refractivity contribution in [2.24, 2.45) is 5.92 Å². The molecule has 0 saturated heterocycles. The van der Waals surface area contributed by atoms with Gasteiger partial charge in [0.25, 0.3) is 0 Å². The molecule has 0 aromatic heterocycles. The van der Waals surface area contributed by atoms with Gasteiger partial charge in [-0.15, -0.1) is 0 Å². The van der Waals surface area contributed by atoms with Crippen LogP contribution in [0.2, 0.25) is 0 Å². The predicted molar refractivity (Wildman–Crippen MR) is 98.2 cm³/mol. The number of carbonyl (C=O) groups excluding carboxylic acids is 2. The Hall–Kier alpha value is -2.22. The molecular weight excluding hydrogens is 296 g/mol. The molecule has 2 heteroatoms. The zero-order valence-corrected chi connectivity index (χ0v) is 14.8. The van der Waals surface area contributed by atoms with Crippen LogP contribution in [0, 0.1) is 5.92 Å². The van der Waals surface area contributed by atoms with Gasteiger partial charge in [-0.05, 0) is 29.0 Å². The fraction of sp³-hybridized carbons (Fsp3) is 0.364. The van der Waals surface area contributed by atoms with Crippen LogP contribution in [0.1, 0.15) is 49.8 Å². The van der Waals surface area contributed by atoms with E-state index in [2.05, 4.69) is 26.0 Å². The van der Waals surface area contributed by atoms with Crippen molar-refractivity contribution in [2.75, 3.05) is 0 Å². The number of hydrogen-bond acceptors (Lipinski definition) is 2. The first kappa shape index (κ1) is 18.1. The third-order valence-electron chi connectivity index (χ3n) is 4.22.